The molecule has 0 atom stereocenters. The summed E-state index contributed by atoms with van der Waals surface area (Å²) in [7, 11) is 1.64. The molecular weight excluding hydrogens is 278 g/mol. The predicted octanol–water partition coefficient (Wildman–Crippen LogP) is 1.87. The molecule has 7 heteroatoms. The van der Waals surface area contributed by atoms with Gasteiger partial charge in [0, 0.05) is 44.6 Å². The van der Waals surface area contributed by atoms with E-state index >= 15 is 0 Å². The van der Waals surface area contributed by atoms with Crippen molar-refractivity contribution >= 4 is 16.7 Å². The fourth-order valence-electron chi connectivity index (χ4n) is 2.62. The SMILES string of the molecule is Cc1ncc2cc(N3CCC(F)(F)CC3)n(C)c(=O)c2n1. The zero-order valence-corrected chi connectivity index (χ0v) is 11.9. The molecule has 0 aromatic carbocycles. The number of hydrogen-bond donors (Lipinski definition) is 0. The number of pyridine rings is 1. The zero-order chi connectivity index (χ0) is 15.2. The Balaban J connectivity index is 2.06. The molecule has 112 valence electrons. The molecule has 0 amide bonds. The van der Waals surface area contributed by atoms with Crippen LogP contribution in [0.1, 0.15) is 18.7 Å². The highest BCUT2D eigenvalue weighted by Crippen LogP contribution is 2.30. The number of aromatic nitrogens is 3. The van der Waals surface area contributed by atoms with Gasteiger partial charge in [0.1, 0.15) is 17.2 Å². The van der Waals surface area contributed by atoms with E-state index in [0.29, 0.717) is 22.5 Å². The summed E-state index contributed by atoms with van der Waals surface area (Å²) in [6.07, 6.45) is 1.22. The van der Waals surface area contributed by atoms with E-state index in [4.69, 9.17) is 0 Å². The lowest BCUT2D eigenvalue weighted by Gasteiger charge is -2.34. The summed E-state index contributed by atoms with van der Waals surface area (Å²) >= 11 is 0. The molecule has 3 rings (SSSR count). The Bertz CT molecular complexity index is 746. The van der Waals surface area contributed by atoms with Gasteiger partial charge in [0.05, 0.1) is 0 Å². The summed E-state index contributed by atoms with van der Waals surface area (Å²) in [5, 5.41) is 0.635. The first-order valence-corrected chi connectivity index (χ1v) is 6.83. The molecule has 21 heavy (non-hydrogen) atoms. The van der Waals surface area contributed by atoms with Crippen LogP contribution in [0.4, 0.5) is 14.6 Å². The lowest BCUT2D eigenvalue weighted by Crippen LogP contribution is -2.41. The van der Waals surface area contributed by atoms with E-state index in [-0.39, 0.29) is 31.5 Å². The third-order valence-corrected chi connectivity index (χ3v) is 3.89. The number of piperidine rings is 1. The Morgan fingerprint density at radius 3 is 2.62 bits per heavy atom. The van der Waals surface area contributed by atoms with E-state index < -0.39 is 5.92 Å². The van der Waals surface area contributed by atoms with Crippen LogP contribution in [0.2, 0.25) is 0 Å². The number of nitrogens with zero attached hydrogens (tertiary/aromatic N) is 4. The molecule has 0 unspecified atom stereocenters. The van der Waals surface area contributed by atoms with E-state index in [1.165, 1.54) is 4.57 Å². The highest BCUT2D eigenvalue weighted by atomic mass is 19.3. The minimum absolute atomic E-state index is 0.191. The smallest absolute Gasteiger partial charge is 0.278 e. The molecule has 2 aromatic rings. The third-order valence-electron chi connectivity index (χ3n) is 3.89. The monoisotopic (exact) mass is 294 g/mol. The molecule has 3 heterocycles. The van der Waals surface area contributed by atoms with E-state index in [1.54, 1.807) is 26.2 Å². The van der Waals surface area contributed by atoms with Crippen LogP contribution in [0.3, 0.4) is 0 Å². The van der Waals surface area contributed by atoms with Crippen LogP contribution in [0.15, 0.2) is 17.1 Å². The first kappa shape index (κ1) is 13.9. The van der Waals surface area contributed by atoms with Crippen molar-refractivity contribution in [2.45, 2.75) is 25.7 Å². The molecule has 0 saturated carbocycles. The average molecular weight is 294 g/mol. The maximum Gasteiger partial charge on any atom is 0.278 e. The van der Waals surface area contributed by atoms with Gasteiger partial charge in [-0.3, -0.25) is 9.36 Å². The van der Waals surface area contributed by atoms with E-state index in [0.717, 1.165) is 0 Å². The quantitative estimate of drug-likeness (QED) is 0.806. The van der Waals surface area contributed by atoms with Gasteiger partial charge < -0.3 is 4.90 Å². The van der Waals surface area contributed by atoms with Gasteiger partial charge in [-0.15, -0.1) is 0 Å². The molecule has 0 N–H and O–H groups in total. The first-order chi connectivity index (χ1) is 9.87. The topological polar surface area (TPSA) is 51.0 Å². The molecule has 1 fully saturated rings. The van der Waals surface area contributed by atoms with Crippen molar-refractivity contribution in [2.24, 2.45) is 7.05 Å². The number of alkyl halides is 2. The van der Waals surface area contributed by atoms with Gasteiger partial charge in [-0.25, -0.2) is 18.7 Å². The van der Waals surface area contributed by atoms with Gasteiger partial charge in [-0.1, -0.05) is 0 Å². The summed E-state index contributed by atoms with van der Waals surface area (Å²) in [4.78, 5) is 22.4. The molecule has 0 bridgehead atoms. The van der Waals surface area contributed by atoms with Crippen molar-refractivity contribution in [3.8, 4) is 0 Å². The summed E-state index contributed by atoms with van der Waals surface area (Å²) in [6.45, 7) is 2.19. The second kappa shape index (κ2) is 4.75. The molecule has 1 saturated heterocycles. The van der Waals surface area contributed by atoms with Crippen molar-refractivity contribution < 1.29 is 8.78 Å². The minimum Gasteiger partial charge on any atom is -0.357 e. The maximum absolute atomic E-state index is 13.3. The van der Waals surface area contributed by atoms with Gasteiger partial charge in [0.2, 0.25) is 0 Å². The summed E-state index contributed by atoms with van der Waals surface area (Å²) in [5.41, 5.74) is 0.126. The minimum atomic E-state index is -2.60. The van der Waals surface area contributed by atoms with Crippen LogP contribution < -0.4 is 10.5 Å². The zero-order valence-electron chi connectivity index (χ0n) is 11.9. The molecule has 2 aromatic heterocycles. The summed E-state index contributed by atoms with van der Waals surface area (Å²) < 4.78 is 28.0. The van der Waals surface area contributed by atoms with Crippen molar-refractivity contribution in [1.29, 1.82) is 0 Å². The van der Waals surface area contributed by atoms with Crippen LogP contribution in [0.25, 0.3) is 10.9 Å². The number of halogens is 2. The normalized spacial score (nSPS) is 18.2. The van der Waals surface area contributed by atoms with E-state index in [1.807, 2.05) is 4.90 Å². The van der Waals surface area contributed by atoms with Gasteiger partial charge in [-0.05, 0) is 13.0 Å². The van der Waals surface area contributed by atoms with Crippen LogP contribution in [0.5, 0.6) is 0 Å². The second-order valence-electron chi connectivity index (χ2n) is 5.43. The van der Waals surface area contributed by atoms with Gasteiger partial charge in [-0.2, -0.15) is 0 Å². The van der Waals surface area contributed by atoms with Crippen LogP contribution in [-0.4, -0.2) is 33.5 Å². The van der Waals surface area contributed by atoms with Gasteiger partial charge in [0.25, 0.3) is 11.5 Å². The van der Waals surface area contributed by atoms with Crippen molar-refractivity contribution in [2.75, 3.05) is 18.0 Å². The fourth-order valence-corrected chi connectivity index (χ4v) is 2.62. The number of fused-ring (bicyclic) bond motifs is 1. The average Bonchev–Trinajstić information content (AvgIpc) is 2.44. The molecular formula is C14H16F2N4O. The summed E-state index contributed by atoms with van der Waals surface area (Å²) in [6, 6.07) is 1.79. The lowest BCUT2D eigenvalue weighted by atomic mass is 10.1. The molecule has 1 aliphatic rings. The molecule has 0 aliphatic carbocycles. The highest BCUT2D eigenvalue weighted by Gasteiger charge is 2.34. The van der Waals surface area contributed by atoms with Crippen LogP contribution in [-0.2, 0) is 7.05 Å². The van der Waals surface area contributed by atoms with Crippen molar-refractivity contribution in [1.82, 2.24) is 14.5 Å². The Labute approximate surface area is 120 Å². The lowest BCUT2D eigenvalue weighted by molar-refractivity contribution is -0.0222. The van der Waals surface area contributed by atoms with Gasteiger partial charge >= 0.3 is 0 Å². The number of hydrogen-bond acceptors (Lipinski definition) is 4. The number of aryl methyl sites for hydroxylation is 1. The fraction of sp³-hybridized carbons (Fsp3) is 0.500. The summed E-state index contributed by atoms with van der Waals surface area (Å²) in [5.74, 6) is -1.44. The predicted molar refractivity (Wildman–Crippen MR) is 75.9 cm³/mol. The standard InChI is InChI=1S/C14H16F2N4O/c1-9-17-8-10-7-11(19(2)13(21)12(10)18-9)20-5-3-14(15,16)4-6-20/h7-8H,3-6H2,1-2H3. The first-order valence-electron chi connectivity index (χ1n) is 6.83. The second-order valence-corrected chi connectivity index (χ2v) is 5.43. The Hall–Kier alpha value is -2.05. The third kappa shape index (κ3) is 2.48. The van der Waals surface area contributed by atoms with Crippen LogP contribution >= 0.6 is 0 Å². The van der Waals surface area contributed by atoms with E-state index in [2.05, 4.69) is 9.97 Å². The Morgan fingerprint density at radius 1 is 1.29 bits per heavy atom. The molecule has 1 aliphatic heterocycles. The Kier molecular flexibility index (Phi) is 3.15. The Morgan fingerprint density at radius 2 is 1.95 bits per heavy atom. The van der Waals surface area contributed by atoms with Crippen LogP contribution in [0, 0.1) is 6.92 Å². The molecule has 0 spiro atoms. The van der Waals surface area contributed by atoms with Crippen molar-refractivity contribution in [3.63, 3.8) is 0 Å². The molecule has 5 nitrogen and oxygen atoms in total. The van der Waals surface area contributed by atoms with Gasteiger partial charge in [0.15, 0.2) is 0 Å². The maximum atomic E-state index is 13.3. The van der Waals surface area contributed by atoms with Crippen molar-refractivity contribution in [3.05, 3.63) is 28.4 Å². The number of rotatable bonds is 1. The largest absolute Gasteiger partial charge is 0.357 e. The van der Waals surface area contributed by atoms with E-state index in [9.17, 15) is 13.6 Å². The highest BCUT2D eigenvalue weighted by molar-refractivity contribution is 5.79. The number of anilines is 1. The molecule has 0 radical (unpaired) electrons.